The molecule has 3 aromatic carbocycles. The van der Waals surface area contributed by atoms with E-state index >= 15 is 0 Å². The Kier molecular flexibility index (Phi) is 5.58. The van der Waals surface area contributed by atoms with Crippen molar-refractivity contribution in [2.45, 2.75) is 32.4 Å². The van der Waals surface area contributed by atoms with Crippen LogP contribution in [0.5, 0.6) is 5.75 Å². The van der Waals surface area contributed by atoms with Crippen LogP contribution in [0.4, 0.5) is 0 Å². The van der Waals surface area contributed by atoms with Crippen LogP contribution in [0.15, 0.2) is 72.8 Å². The van der Waals surface area contributed by atoms with E-state index in [-0.39, 0.29) is 11.9 Å². The molecule has 1 aromatic heterocycles. The molecule has 6 nitrogen and oxygen atoms in total. The van der Waals surface area contributed by atoms with Crippen molar-refractivity contribution in [3.63, 3.8) is 0 Å². The van der Waals surface area contributed by atoms with E-state index in [9.17, 15) is 4.79 Å². The fourth-order valence-corrected chi connectivity index (χ4v) is 4.43. The van der Waals surface area contributed by atoms with Gasteiger partial charge in [0.05, 0.1) is 24.7 Å². The van der Waals surface area contributed by atoms with Crippen molar-refractivity contribution in [1.82, 2.24) is 19.9 Å². The van der Waals surface area contributed by atoms with Crippen molar-refractivity contribution in [3.8, 4) is 5.75 Å². The number of carbonyl (C=O) groups is 1. The van der Waals surface area contributed by atoms with Gasteiger partial charge in [0.15, 0.2) is 0 Å². The summed E-state index contributed by atoms with van der Waals surface area (Å²) in [7, 11) is 0. The van der Waals surface area contributed by atoms with Crippen LogP contribution in [0.25, 0.3) is 11.0 Å². The number of benzene rings is 3. The molecular formula is C26H26N4O2. The Morgan fingerprint density at radius 1 is 1.03 bits per heavy atom. The zero-order valence-electron chi connectivity index (χ0n) is 18.1. The number of hydrogen-bond donors (Lipinski definition) is 0. The van der Waals surface area contributed by atoms with E-state index in [1.807, 2.05) is 77.2 Å². The van der Waals surface area contributed by atoms with Gasteiger partial charge in [-0.2, -0.15) is 0 Å². The normalized spacial score (nSPS) is 15.9. The van der Waals surface area contributed by atoms with E-state index in [1.165, 1.54) is 0 Å². The number of para-hydroxylation sites is 1. The van der Waals surface area contributed by atoms with Crippen LogP contribution in [0.3, 0.4) is 0 Å². The molecule has 1 amide bonds. The monoisotopic (exact) mass is 426 g/mol. The molecule has 0 N–H and O–H groups in total. The zero-order chi connectivity index (χ0) is 21.9. The van der Waals surface area contributed by atoms with E-state index in [2.05, 4.69) is 22.4 Å². The highest BCUT2D eigenvalue weighted by atomic mass is 16.5. The first-order chi connectivity index (χ1) is 15.7. The molecule has 1 fully saturated rings. The molecule has 1 aliphatic heterocycles. The summed E-state index contributed by atoms with van der Waals surface area (Å²) in [6.07, 6.45) is 2.00. The van der Waals surface area contributed by atoms with Crippen molar-refractivity contribution in [2.24, 2.45) is 0 Å². The lowest BCUT2D eigenvalue weighted by atomic mass is 10.0. The summed E-state index contributed by atoms with van der Waals surface area (Å²) < 4.78 is 7.43. The third kappa shape index (κ3) is 3.96. The highest BCUT2D eigenvalue weighted by Crippen LogP contribution is 2.34. The van der Waals surface area contributed by atoms with Gasteiger partial charge >= 0.3 is 0 Å². The summed E-state index contributed by atoms with van der Waals surface area (Å²) in [6.45, 7) is 4.03. The quantitative estimate of drug-likeness (QED) is 0.442. The van der Waals surface area contributed by atoms with Crippen LogP contribution in [0, 0.1) is 0 Å². The first-order valence-corrected chi connectivity index (χ1v) is 11.1. The smallest absolute Gasteiger partial charge is 0.254 e. The maximum Gasteiger partial charge on any atom is 0.254 e. The van der Waals surface area contributed by atoms with E-state index < -0.39 is 0 Å². The lowest BCUT2D eigenvalue weighted by Crippen LogP contribution is -2.30. The van der Waals surface area contributed by atoms with Crippen molar-refractivity contribution in [2.75, 3.05) is 13.2 Å². The third-order valence-corrected chi connectivity index (χ3v) is 6.04. The summed E-state index contributed by atoms with van der Waals surface area (Å²) in [6, 6.07) is 24.0. The molecule has 0 bridgehead atoms. The molecule has 0 saturated carbocycles. The van der Waals surface area contributed by atoms with E-state index in [4.69, 9.17) is 4.74 Å². The number of hydrogen-bond acceptors (Lipinski definition) is 4. The van der Waals surface area contributed by atoms with Gasteiger partial charge in [0.25, 0.3) is 5.91 Å². The largest absolute Gasteiger partial charge is 0.494 e. The average molecular weight is 427 g/mol. The fraction of sp³-hybridized carbons (Fsp3) is 0.269. The van der Waals surface area contributed by atoms with Crippen LogP contribution < -0.4 is 4.74 Å². The second-order valence-electron chi connectivity index (χ2n) is 8.09. The molecule has 32 heavy (non-hydrogen) atoms. The van der Waals surface area contributed by atoms with E-state index in [0.29, 0.717) is 13.2 Å². The van der Waals surface area contributed by atoms with E-state index in [0.717, 1.165) is 52.9 Å². The number of carbonyl (C=O) groups excluding carboxylic acids is 1. The molecule has 0 spiro atoms. The van der Waals surface area contributed by atoms with Crippen LogP contribution in [-0.4, -0.2) is 39.0 Å². The van der Waals surface area contributed by atoms with Crippen molar-refractivity contribution in [1.29, 1.82) is 0 Å². The van der Waals surface area contributed by atoms with Gasteiger partial charge in [0, 0.05) is 12.1 Å². The Hall–Kier alpha value is -3.67. The number of ether oxygens (including phenoxy) is 1. The van der Waals surface area contributed by atoms with Crippen molar-refractivity contribution >= 4 is 16.9 Å². The number of amides is 1. The molecule has 5 rings (SSSR count). The molecule has 0 unspecified atom stereocenters. The van der Waals surface area contributed by atoms with E-state index in [1.54, 1.807) is 0 Å². The number of nitrogens with zero attached hydrogens (tertiary/aromatic N) is 4. The molecular weight excluding hydrogens is 400 g/mol. The van der Waals surface area contributed by atoms with Gasteiger partial charge in [-0.15, -0.1) is 5.10 Å². The number of fused-ring (bicyclic) bond motifs is 1. The van der Waals surface area contributed by atoms with Crippen molar-refractivity contribution < 1.29 is 9.53 Å². The second-order valence-corrected chi connectivity index (χ2v) is 8.09. The summed E-state index contributed by atoms with van der Waals surface area (Å²) >= 11 is 0. The molecule has 2 heterocycles. The van der Waals surface area contributed by atoms with Gasteiger partial charge in [-0.25, -0.2) is 4.68 Å². The summed E-state index contributed by atoms with van der Waals surface area (Å²) in [4.78, 5) is 15.3. The molecule has 4 aromatic rings. The maximum absolute atomic E-state index is 13.3. The first-order valence-electron chi connectivity index (χ1n) is 11.1. The Balaban J connectivity index is 1.30. The molecule has 1 atom stereocenters. The average Bonchev–Trinajstić information content (AvgIpc) is 3.48. The Bertz CT molecular complexity index is 1210. The minimum Gasteiger partial charge on any atom is -0.494 e. The Morgan fingerprint density at radius 2 is 1.81 bits per heavy atom. The van der Waals surface area contributed by atoms with Gasteiger partial charge in [-0.1, -0.05) is 41.6 Å². The minimum atomic E-state index is 0.0825. The first kappa shape index (κ1) is 20.2. The lowest BCUT2D eigenvalue weighted by molar-refractivity contribution is 0.0735. The van der Waals surface area contributed by atoms with Crippen LogP contribution >= 0.6 is 0 Å². The predicted octanol–water partition coefficient (Wildman–Crippen LogP) is 4.86. The van der Waals surface area contributed by atoms with Gasteiger partial charge in [0.1, 0.15) is 11.3 Å². The summed E-state index contributed by atoms with van der Waals surface area (Å²) in [5, 5.41) is 8.46. The van der Waals surface area contributed by atoms with Gasteiger partial charge < -0.3 is 9.64 Å². The number of aromatic nitrogens is 3. The molecule has 162 valence electrons. The Labute approximate surface area is 187 Å². The molecule has 0 radical (unpaired) electrons. The summed E-state index contributed by atoms with van der Waals surface area (Å²) in [5.74, 6) is 0.946. The third-order valence-electron chi connectivity index (χ3n) is 6.04. The fourth-order valence-electron chi connectivity index (χ4n) is 4.43. The second kappa shape index (κ2) is 8.83. The predicted molar refractivity (Wildman–Crippen MR) is 124 cm³/mol. The minimum absolute atomic E-state index is 0.0825. The van der Waals surface area contributed by atoms with Crippen molar-refractivity contribution in [3.05, 3.63) is 89.5 Å². The number of likely N-dealkylation sites (tertiary alicyclic amines) is 1. The van der Waals surface area contributed by atoms with Gasteiger partial charge in [0.2, 0.25) is 0 Å². The molecule has 0 aliphatic carbocycles. The van der Waals surface area contributed by atoms with Crippen LogP contribution in [0.1, 0.15) is 47.3 Å². The standard InChI is InChI=1S/C26H26N4O2/c1-2-32-22-15-13-20(14-16-22)24-8-5-17-29(24)26(31)21-11-9-19(10-12-21)18-30-25-7-4-3-6-23(25)27-28-30/h3-4,6-7,9-16,24H,2,5,8,17-18H2,1H3/t24-/m0/s1. The van der Waals surface area contributed by atoms with Gasteiger partial charge in [-0.3, -0.25) is 4.79 Å². The highest BCUT2D eigenvalue weighted by molar-refractivity contribution is 5.94. The van der Waals surface area contributed by atoms with Gasteiger partial charge in [-0.05, 0) is 67.3 Å². The zero-order valence-corrected chi connectivity index (χ0v) is 18.1. The SMILES string of the molecule is CCOc1ccc([C@@H]2CCCN2C(=O)c2ccc(Cn3nnc4ccccc43)cc2)cc1. The molecule has 1 saturated heterocycles. The Morgan fingerprint density at radius 3 is 2.59 bits per heavy atom. The molecule has 1 aliphatic rings. The maximum atomic E-state index is 13.3. The summed E-state index contributed by atoms with van der Waals surface area (Å²) in [5.41, 5.74) is 4.85. The van der Waals surface area contributed by atoms with Crippen LogP contribution in [-0.2, 0) is 6.54 Å². The highest BCUT2D eigenvalue weighted by Gasteiger charge is 2.30. The molecule has 6 heteroatoms. The van der Waals surface area contributed by atoms with Crippen LogP contribution in [0.2, 0.25) is 0 Å². The lowest BCUT2D eigenvalue weighted by Gasteiger charge is -2.25. The number of rotatable bonds is 6. The topological polar surface area (TPSA) is 60.2 Å².